The average molecular weight is 266 g/mol. The zero-order valence-corrected chi connectivity index (χ0v) is 11.6. The molecule has 0 saturated heterocycles. The van der Waals surface area contributed by atoms with E-state index in [0.29, 0.717) is 5.92 Å². The van der Waals surface area contributed by atoms with E-state index in [1.165, 1.54) is 37.6 Å². The molecular weight excluding hydrogens is 252 g/mol. The molecule has 0 radical (unpaired) electrons. The van der Waals surface area contributed by atoms with Crippen LogP contribution >= 0.6 is 0 Å². The van der Waals surface area contributed by atoms with Crippen LogP contribution in [0.2, 0.25) is 0 Å². The van der Waals surface area contributed by atoms with Crippen LogP contribution in [0.1, 0.15) is 17.0 Å². The molecule has 1 atom stereocenters. The highest BCUT2D eigenvalue weighted by atomic mass is 14.2. The number of hydrogen-bond donors (Lipinski definition) is 0. The van der Waals surface area contributed by atoms with Gasteiger partial charge in [-0.2, -0.15) is 0 Å². The van der Waals surface area contributed by atoms with Gasteiger partial charge in [0, 0.05) is 5.92 Å². The van der Waals surface area contributed by atoms with E-state index in [4.69, 9.17) is 0 Å². The first-order chi connectivity index (χ1) is 10.3. The van der Waals surface area contributed by atoms with Crippen LogP contribution in [0, 0.1) is 10.4 Å². The Balaban J connectivity index is 2.17. The molecule has 0 spiro atoms. The smallest absolute Gasteiger partial charge is 0.0223 e. The third-order valence-corrected chi connectivity index (χ3v) is 4.67. The molecule has 0 aliphatic heterocycles. The Morgan fingerprint density at radius 2 is 1.81 bits per heavy atom. The molecule has 5 rings (SSSR count). The summed E-state index contributed by atoms with van der Waals surface area (Å²) in [6.45, 7) is 4.10. The van der Waals surface area contributed by atoms with E-state index in [9.17, 15) is 0 Å². The number of fused-ring (bicyclic) bond motifs is 1. The fraction of sp³-hybridized carbons (Fsp3) is 0.0476. The highest BCUT2D eigenvalue weighted by Gasteiger charge is 2.19. The van der Waals surface area contributed by atoms with Gasteiger partial charge in [-0.3, -0.25) is 0 Å². The second kappa shape index (κ2) is 3.73. The van der Waals surface area contributed by atoms with Crippen LogP contribution < -0.4 is 10.4 Å². The van der Waals surface area contributed by atoms with Crippen molar-refractivity contribution in [1.82, 2.24) is 0 Å². The van der Waals surface area contributed by atoms with E-state index in [1.807, 2.05) is 0 Å². The van der Waals surface area contributed by atoms with Crippen molar-refractivity contribution in [2.75, 3.05) is 0 Å². The molecule has 0 fully saturated rings. The zero-order valence-electron chi connectivity index (χ0n) is 11.6. The molecule has 3 aromatic rings. The molecule has 3 aromatic carbocycles. The average Bonchev–Trinajstić information content (AvgIpc) is 2.51. The zero-order chi connectivity index (χ0) is 14.0. The molecule has 0 heterocycles. The Hall–Kier alpha value is -2.60. The van der Waals surface area contributed by atoms with Crippen molar-refractivity contribution in [1.29, 1.82) is 0 Å². The topological polar surface area (TPSA) is 0 Å². The van der Waals surface area contributed by atoms with Crippen molar-refractivity contribution in [3.63, 3.8) is 0 Å². The fourth-order valence-electron chi connectivity index (χ4n) is 3.83. The quantitative estimate of drug-likeness (QED) is 0.584. The van der Waals surface area contributed by atoms with Gasteiger partial charge in [-0.25, -0.2) is 0 Å². The molecular formula is C21H14. The summed E-state index contributed by atoms with van der Waals surface area (Å²) >= 11 is 0. The highest BCUT2D eigenvalue weighted by Crippen LogP contribution is 2.36. The first-order valence-electron chi connectivity index (χ1n) is 7.36. The molecule has 0 bridgehead atoms. The standard InChI is InChI=1S/C21H14/c1-13-10-15-6-7-17-12-14-4-2-3-5-18(14)19-9-8-16(11-13)20(15)21(17)19/h2-12,17H,1H2. The lowest BCUT2D eigenvalue weighted by atomic mass is 9.81. The maximum absolute atomic E-state index is 4.10. The molecule has 0 N–H and O–H groups in total. The predicted molar refractivity (Wildman–Crippen MR) is 89.1 cm³/mol. The van der Waals surface area contributed by atoms with Crippen LogP contribution in [0.5, 0.6) is 0 Å². The lowest BCUT2D eigenvalue weighted by Crippen LogP contribution is -2.14. The largest absolute Gasteiger partial charge is 0.0917 e. The van der Waals surface area contributed by atoms with Crippen molar-refractivity contribution < 1.29 is 0 Å². The number of rotatable bonds is 0. The molecule has 1 unspecified atom stereocenters. The van der Waals surface area contributed by atoms with Gasteiger partial charge < -0.3 is 0 Å². The van der Waals surface area contributed by atoms with Crippen LogP contribution in [0.25, 0.3) is 29.5 Å². The Kier molecular flexibility index (Phi) is 1.97. The van der Waals surface area contributed by atoms with Gasteiger partial charge in [0.15, 0.2) is 0 Å². The van der Waals surface area contributed by atoms with Gasteiger partial charge >= 0.3 is 0 Å². The Bertz CT molecular complexity index is 1150. The second-order valence-electron chi connectivity index (χ2n) is 5.95. The van der Waals surface area contributed by atoms with Crippen molar-refractivity contribution in [3.05, 3.63) is 86.6 Å². The molecule has 0 saturated carbocycles. The normalized spacial score (nSPS) is 17.4. The summed E-state index contributed by atoms with van der Waals surface area (Å²) in [5.74, 6) is 0.391. The SMILES string of the molecule is C=c1cc2c3c4c(ccc3c1)=c1ccccc1=CC4C=C2. The Morgan fingerprint density at radius 3 is 2.76 bits per heavy atom. The van der Waals surface area contributed by atoms with Crippen LogP contribution in [-0.2, 0) is 0 Å². The number of hydrogen-bond acceptors (Lipinski definition) is 0. The number of allylic oxidation sites excluding steroid dienone is 1. The minimum absolute atomic E-state index is 0.391. The summed E-state index contributed by atoms with van der Waals surface area (Å²) in [4.78, 5) is 0. The summed E-state index contributed by atoms with van der Waals surface area (Å²) in [7, 11) is 0. The van der Waals surface area contributed by atoms with Crippen molar-refractivity contribution >= 4 is 29.5 Å². The third kappa shape index (κ3) is 1.39. The molecule has 0 aromatic heterocycles. The minimum Gasteiger partial charge on any atom is -0.0917 e. The molecule has 0 amide bonds. The van der Waals surface area contributed by atoms with E-state index in [0.717, 1.165) is 5.22 Å². The maximum atomic E-state index is 4.10. The predicted octanol–water partition coefficient (Wildman–Crippen LogP) is 3.44. The summed E-state index contributed by atoms with van der Waals surface area (Å²) in [6.07, 6.45) is 6.95. The highest BCUT2D eigenvalue weighted by molar-refractivity contribution is 5.97. The van der Waals surface area contributed by atoms with Crippen LogP contribution in [0.4, 0.5) is 0 Å². The third-order valence-electron chi connectivity index (χ3n) is 4.67. The lowest BCUT2D eigenvalue weighted by molar-refractivity contribution is 1.10. The molecule has 21 heavy (non-hydrogen) atoms. The summed E-state index contributed by atoms with van der Waals surface area (Å²) in [5, 5.41) is 7.87. The Labute approximate surface area is 122 Å². The maximum Gasteiger partial charge on any atom is 0.0223 e. The van der Waals surface area contributed by atoms with Crippen molar-refractivity contribution in [3.8, 4) is 0 Å². The Morgan fingerprint density at radius 1 is 0.905 bits per heavy atom. The van der Waals surface area contributed by atoms with Gasteiger partial charge in [-0.15, -0.1) is 0 Å². The van der Waals surface area contributed by atoms with Gasteiger partial charge in [0.25, 0.3) is 0 Å². The summed E-state index contributed by atoms with van der Waals surface area (Å²) in [5.41, 5.74) is 2.77. The van der Waals surface area contributed by atoms with Gasteiger partial charge in [-0.05, 0) is 54.9 Å². The first-order valence-corrected chi connectivity index (χ1v) is 7.36. The van der Waals surface area contributed by atoms with Gasteiger partial charge in [0.2, 0.25) is 0 Å². The lowest BCUT2D eigenvalue weighted by Gasteiger charge is -2.22. The fourth-order valence-corrected chi connectivity index (χ4v) is 3.83. The van der Waals surface area contributed by atoms with E-state index < -0.39 is 0 Å². The van der Waals surface area contributed by atoms with Crippen LogP contribution in [-0.4, -0.2) is 0 Å². The van der Waals surface area contributed by atoms with E-state index >= 15 is 0 Å². The summed E-state index contributed by atoms with van der Waals surface area (Å²) in [6, 6.07) is 17.6. The second-order valence-corrected chi connectivity index (χ2v) is 5.95. The molecule has 98 valence electrons. The van der Waals surface area contributed by atoms with Crippen LogP contribution in [0.15, 0.2) is 54.6 Å². The van der Waals surface area contributed by atoms with Crippen LogP contribution in [0.3, 0.4) is 0 Å². The minimum atomic E-state index is 0.391. The van der Waals surface area contributed by atoms with Gasteiger partial charge in [-0.1, -0.05) is 61.2 Å². The molecule has 0 heteroatoms. The molecule has 2 aliphatic carbocycles. The number of benzene rings is 3. The van der Waals surface area contributed by atoms with E-state index in [2.05, 4.69) is 73.3 Å². The molecule has 2 aliphatic rings. The van der Waals surface area contributed by atoms with E-state index in [-0.39, 0.29) is 0 Å². The molecule has 0 nitrogen and oxygen atoms in total. The van der Waals surface area contributed by atoms with Crippen molar-refractivity contribution in [2.24, 2.45) is 0 Å². The summed E-state index contributed by atoms with van der Waals surface area (Å²) < 4.78 is 0. The van der Waals surface area contributed by atoms with Crippen molar-refractivity contribution in [2.45, 2.75) is 5.92 Å². The van der Waals surface area contributed by atoms with E-state index in [1.54, 1.807) is 0 Å². The van der Waals surface area contributed by atoms with Gasteiger partial charge in [0.05, 0.1) is 0 Å². The van der Waals surface area contributed by atoms with Gasteiger partial charge in [0.1, 0.15) is 0 Å². The first kappa shape index (κ1) is 11.1. The monoisotopic (exact) mass is 266 g/mol.